The lowest BCUT2D eigenvalue weighted by atomic mass is 9.73. The molecule has 2 aliphatic heterocycles. The van der Waals surface area contributed by atoms with E-state index in [4.69, 9.17) is 10.5 Å². The van der Waals surface area contributed by atoms with E-state index in [2.05, 4.69) is 0 Å². The Balaban J connectivity index is 2.04. The molecule has 3 rings (SSSR count). The van der Waals surface area contributed by atoms with Crippen LogP contribution in [0.1, 0.15) is 40.0 Å². The van der Waals surface area contributed by atoms with Crippen LogP contribution >= 0.6 is 0 Å². The van der Waals surface area contributed by atoms with Crippen LogP contribution in [0.15, 0.2) is 0 Å². The Morgan fingerprint density at radius 1 is 1.41 bits per heavy atom. The van der Waals surface area contributed by atoms with Crippen molar-refractivity contribution in [1.29, 1.82) is 0 Å². The molecule has 0 aromatic heterocycles. The molecule has 2 heterocycles. The lowest BCUT2D eigenvalue weighted by molar-refractivity contribution is -0.0300. The highest BCUT2D eigenvalue weighted by Gasteiger charge is 2.43. The Labute approximate surface area is 103 Å². The molecular formula is C13H24N2O2. The quantitative estimate of drug-likeness (QED) is 0.762. The van der Waals surface area contributed by atoms with E-state index in [1.807, 2.05) is 25.7 Å². The van der Waals surface area contributed by atoms with E-state index < -0.39 is 5.60 Å². The van der Waals surface area contributed by atoms with Crippen molar-refractivity contribution in [3.05, 3.63) is 0 Å². The molecule has 0 spiro atoms. The fourth-order valence-corrected chi connectivity index (χ4v) is 3.12. The molecule has 0 unspecified atom stereocenters. The molecule has 1 aliphatic carbocycles. The summed E-state index contributed by atoms with van der Waals surface area (Å²) in [5.74, 6) is 1.09. The van der Waals surface area contributed by atoms with Gasteiger partial charge < -0.3 is 15.4 Å². The number of carbonyl (C=O) groups is 1. The maximum Gasteiger partial charge on any atom is 0.410 e. The van der Waals surface area contributed by atoms with Crippen molar-refractivity contribution in [2.75, 3.05) is 13.1 Å². The van der Waals surface area contributed by atoms with Gasteiger partial charge in [-0.3, -0.25) is 0 Å². The van der Waals surface area contributed by atoms with E-state index in [-0.39, 0.29) is 6.09 Å². The summed E-state index contributed by atoms with van der Waals surface area (Å²) in [6.45, 7) is 7.27. The summed E-state index contributed by atoms with van der Waals surface area (Å²) in [6, 6.07) is 0.305. The van der Waals surface area contributed by atoms with Gasteiger partial charge in [0, 0.05) is 12.6 Å². The molecule has 1 amide bonds. The third-order valence-electron chi connectivity index (χ3n) is 3.84. The summed E-state index contributed by atoms with van der Waals surface area (Å²) >= 11 is 0. The van der Waals surface area contributed by atoms with Crippen molar-refractivity contribution < 1.29 is 9.53 Å². The first-order valence-corrected chi connectivity index (χ1v) is 6.60. The fraction of sp³-hybridized carbons (Fsp3) is 0.923. The smallest absolute Gasteiger partial charge is 0.410 e. The van der Waals surface area contributed by atoms with Crippen LogP contribution in [0.5, 0.6) is 0 Å². The fourth-order valence-electron chi connectivity index (χ4n) is 3.12. The van der Waals surface area contributed by atoms with Crippen LogP contribution in [-0.4, -0.2) is 35.7 Å². The lowest BCUT2D eigenvalue weighted by Gasteiger charge is -2.49. The number of nitrogens with zero attached hydrogens (tertiary/aromatic N) is 1. The Bertz CT molecular complexity index is 298. The van der Waals surface area contributed by atoms with Gasteiger partial charge in [-0.2, -0.15) is 0 Å². The summed E-state index contributed by atoms with van der Waals surface area (Å²) < 4.78 is 5.47. The van der Waals surface area contributed by atoms with Gasteiger partial charge in [0.25, 0.3) is 0 Å². The number of hydrogen-bond donors (Lipinski definition) is 1. The standard InChI is InChI=1S/C13H24N2O2/c1-13(2,3)17-12(16)15-8-9-4-5-11(15)10(6-9)7-14/h9-11H,4-8,14H2,1-3H3/t9-,10+,11-/m0/s1. The molecule has 0 aromatic carbocycles. The van der Waals surface area contributed by atoms with Gasteiger partial charge in [-0.25, -0.2) is 4.79 Å². The molecule has 2 N–H and O–H groups in total. The van der Waals surface area contributed by atoms with Gasteiger partial charge in [0.1, 0.15) is 5.60 Å². The number of ether oxygens (including phenoxy) is 1. The SMILES string of the molecule is CC(C)(C)OC(=O)N1C[C@H]2CC[C@H]1[C@@H](CN)C2. The summed E-state index contributed by atoms with van der Waals surface area (Å²) in [7, 11) is 0. The molecule has 4 heteroatoms. The average Bonchev–Trinajstić information content (AvgIpc) is 2.27. The molecule has 98 valence electrons. The minimum Gasteiger partial charge on any atom is -0.444 e. The summed E-state index contributed by atoms with van der Waals surface area (Å²) in [5, 5.41) is 0. The first kappa shape index (κ1) is 12.7. The Morgan fingerprint density at radius 2 is 2.12 bits per heavy atom. The Hall–Kier alpha value is -0.770. The number of rotatable bonds is 1. The largest absolute Gasteiger partial charge is 0.444 e. The average molecular weight is 240 g/mol. The minimum absolute atomic E-state index is 0.162. The van der Waals surface area contributed by atoms with Crippen molar-refractivity contribution in [1.82, 2.24) is 4.90 Å². The molecule has 3 fully saturated rings. The van der Waals surface area contributed by atoms with Crippen molar-refractivity contribution in [2.24, 2.45) is 17.6 Å². The first-order chi connectivity index (χ1) is 7.90. The predicted octanol–water partition coefficient (Wildman–Crippen LogP) is 1.98. The maximum absolute atomic E-state index is 12.1. The molecule has 3 aliphatic rings. The Kier molecular flexibility index (Phi) is 3.34. The van der Waals surface area contributed by atoms with Crippen LogP contribution in [0.4, 0.5) is 4.79 Å². The highest BCUT2D eigenvalue weighted by atomic mass is 16.6. The van der Waals surface area contributed by atoms with E-state index in [9.17, 15) is 4.79 Å². The number of hydrogen-bond acceptors (Lipinski definition) is 3. The highest BCUT2D eigenvalue weighted by molar-refractivity contribution is 5.69. The van der Waals surface area contributed by atoms with E-state index in [1.165, 1.54) is 12.8 Å². The second-order valence-electron chi connectivity index (χ2n) is 6.37. The van der Waals surface area contributed by atoms with Gasteiger partial charge in [0.05, 0.1) is 0 Å². The third-order valence-corrected chi connectivity index (χ3v) is 3.84. The zero-order chi connectivity index (χ0) is 12.6. The van der Waals surface area contributed by atoms with Gasteiger partial charge >= 0.3 is 6.09 Å². The van der Waals surface area contributed by atoms with Crippen LogP contribution in [-0.2, 0) is 4.74 Å². The van der Waals surface area contributed by atoms with Crippen LogP contribution in [0.3, 0.4) is 0 Å². The number of carbonyl (C=O) groups excluding carboxylic acids is 1. The maximum atomic E-state index is 12.1. The first-order valence-electron chi connectivity index (χ1n) is 6.60. The molecule has 0 radical (unpaired) electrons. The number of nitrogens with two attached hydrogens (primary N) is 1. The molecule has 1 saturated carbocycles. The third kappa shape index (κ3) is 2.73. The molecule has 0 aromatic rings. The monoisotopic (exact) mass is 240 g/mol. The van der Waals surface area contributed by atoms with E-state index in [0.29, 0.717) is 24.4 Å². The minimum atomic E-state index is -0.411. The van der Waals surface area contributed by atoms with Gasteiger partial charge in [-0.15, -0.1) is 0 Å². The zero-order valence-electron chi connectivity index (χ0n) is 11.1. The summed E-state index contributed by atoms with van der Waals surface area (Å²) in [5.41, 5.74) is 5.39. The van der Waals surface area contributed by atoms with Crippen molar-refractivity contribution in [2.45, 2.75) is 51.7 Å². The van der Waals surface area contributed by atoms with Gasteiger partial charge in [0.15, 0.2) is 0 Å². The van der Waals surface area contributed by atoms with Gasteiger partial charge in [-0.05, 0) is 58.4 Å². The molecule has 2 bridgehead atoms. The van der Waals surface area contributed by atoms with Crippen LogP contribution < -0.4 is 5.73 Å². The lowest BCUT2D eigenvalue weighted by Crippen LogP contribution is -2.57. The molecular weight excluding hydrogens is 216 g/mol. The predicted molar refractivity (Wildman–Crippen MR) is 66.6 cm³/mol. The van der Waals surface area contributed by atoms with Crippen molar-refractivity contribution in [3.8, 4) is 0 Å². The summed E-state index contributed by atoms with van der Waals surface area (Å²) in [4.78, 5) is 14.0. The van der Waals surface area contributed by atoms with E-state index >= 15 is 0 Å². The number of fused-ring (bicyclic) bond motifs is 3. The summed E-state index contributed by atoms with van der Waals surface area (Å²) in [6.07, 6.45) is 3.34. The van der Waals surface area contributed by atoms with Gasteiger partial charge in [-0.1, -0.05) is 0 Å². The van der Waals surface area contributed by atoms with Crippen LogP contribution in [0.2, 0.25) is 0 Å². The van der Waals surface area contributed by atoms with Crippen molar-refractivity contribution in [3.63, 3.8) is 0 Å². The topological polar surface area (TPSA) is 55.6 Å². The molecule has 3 atom stereocenters. The second kappa shape index (κ2) is 4.48. The second-order valence-corrected chi connectivity index (χ2v) is 6.37. The van der Waals surface area contributed by atoms with E-state index in [0.717, 1.165) is 13.0 Å². The normalized spacial score (nSPS) is 32.7. The zero-order valence-corrected chi connectivity index (χ0v) is 11.1. The van der Waals surface area contributed by atoms with Crippen LogP contribution in [0.25, 0.3) is 0 Å². The highest BCUT2D eigenvalue weighted by Crippen LogP contribution is 2.39. The van der Waals surface area contributed by atoms with Crippen LogP contribution in [0, 0.1) is 11.8 Å². The number of piperidine rings is 2. The van der Waals surface area contributed by atoms with Gasteiger partial charge in [0.2, 0.25) is 0 Å². The molecule has 17 heavy (non-hydrogen) atoms. The molecule has 2 saturated heterocycles. The Morgan fingerprint density at radius 3 is 2.65 bits per heavy atom. The van der Waals surface area contributed by atoms with Crippen molar-refractivity contribution >= 4 is 6.09 Å². The number of amides is 1. The molecule has 4 nitrogen and oxygen atoms in total. The van der Waals surface area contributed by atoms with E-state index in [1.54, 1.807) is 0 Å².